The molecule has 0 saturated carbocycles. The molecule has 168 valence electrons. The van der Waals surface area contributed by atoms with Crippen LogP contribution in [0.2, 0.25) is 5.02 Å². The van der Waals surface area contributed by atoms with Gasteiger partial charge in [-0.2, -0.15) is 0 Å². The summed E-state index contributed by atoms with van der Waals surface area (Å²) in [4.78, 5) is 49.2. The second-order valence-electron chi connectivity index (χ2n) is 7.02. The first-order chi connectivity index (χ1) is 15.8. The molecule has 3 aromatic rings. The fourth-order valence-corrected chi connectivity index (χ4v) is 3.36. The van der Waals surface area contributed by atoms with E-state index in [2.05, 4.69) is 21.2 Å². The number of benzene rings is 3. The fourth-order valence-electron chi connectivity index (χ4n) is 2.92. The van der Waals surface area contributed by atoms with Crippen molar-refractivity contribution in [1.82, 2.24) is 0 Å². The SMILES string of the molecule is O=C(CCC(=O)OCC(=O)c1ccc(Br)cc1)Nc1ccc(Cl)cc1C(=O)c1ccccc1. The van der Waals surface area contributed by atoms with E-state index >= 15 is 0 Å². The van der Waals surface area contributed by atoms with Crippen molar-refractivity contribution in [3.05, 3.63) is 99.0 Å². The van der Waals surface area contributed by atoms with E-state index in [-0.39, 0.29) is 35.7 Å². The Morgan fingerprint density at radius 3 is 2.24 bits per heavy atom. The highest BCUT2D eigenvalue weighted by molar-refractivity contribution is 9.10. The Labute approximate surface area is 204 Å². The molecule has 0 heterocycles. The zero-order chi connectivity index (χ0) is 23.8. The molecule has 0 atom stereocenters. The van der Waals surface area contributed by atoms with Crippen LogP contribution < -0.4 is 5.32 Å². The van der Waals surface area contributed by atoms with Gasteiger partial charge in [0.15, 0.2) is 18.2 Å². The minimum Gasteiger partial charge on any atom is -0.457 e. The number of esters is 1. The fraction of sp³-hybridized carbons (Fsp3) is 0.120. The van der Waals surface area contributed by atoms with Crippen LogP contribution in [0.15, 0.2) is 77.3 Å². The standard InChI is InChI=1S/C25H19BrClNO5/c26-18-8-6-16(7-9-18)22(29)15-33-24(31)13-12-23(30)28-21-11-10-19(27)14-20(21)25(32)17-4-2-1-3-5-17/h1-11,14H,12-13,15H2,(H,28,30). The average Bonchev–Trinajstić information content (AvgIpc) is 2.83. The summed E-state index contributed by atoms with van der Waals surface area (Å²) in [6.45, 7) is -0.408. The Hall–Kier alpha value is -3.29. The third-order valence-electron chi connectivity index (χ3n) is 4.62. The average molecular weight is 529 g/mol. The van der Waals surface area contributed by atoms with Crippen LogP contribution >= 0.6 is 27.5 Å². The van der Waals surface area contributed by atoms with Crippen molar-refractivity contribution in [3.8, 4) is 0 Å². The first-order valence-corrected chi connectivity index (χ1v) is 11.1. The Bertz CT molecular complexity index is 1180. The molecule has 1 N–H and O–H groups in total. The molecule has 1 amide bonds. The van der Waals surface area contributed by atoms with Crippen LogP contribution in [0.3, 0.4) is 0 Å². The van der Waals surface area contributed by atoms with E-state index in [1.165, 1.54) is 12.1 Å². The Morgan fingerprint density at radius 2 is 1.55 bits per heavy atom. The van der Waals surface area contributed by atoms with Crippen LogP contribution in [0.4, 0.5) is 5.69 Å². The van der Waals surface area contributed by atoms with Crippen LogP contribution in [-0.2, 0) is 14.3 Å². The predicted molar refractivity (Wildman–Crippen MR) is 129 cm³/mol. The third kappa shape index (κ3) is 7.10. The highest BCUT2D eigenvalue weighted by atomic mass is 79.9. The van der Waals surface area contributed by atoms with Crippen molar-refractivity contribution in [1.29, 1.82) is 0 Å². The number of amides is 1. The maximum absolute atomic E-state index is 12.8. The van der Waals surface area contributed by atoms with Gasteiger partial charge in [-0.1, -0.05) is 70.0 Å². The van der Waals surface area contributed by atoms with Gasteiger partial charge < -0.3 is 10.1 Å². The summed E-state index contributed by atoms with van der Waals surface area (Å²) in [6.07, 6.45) is -0.387. The first kappa shape index (κ1) is 24.4. The van der Waals surface area contributed by atoms with Crippen molar-refractivity contribution in [3.63, 3.8) is 0 Å². The molecule has 33 heavy (non-hydrogen) atoms. The summed E-state index contributed by atoms with van der Waals surface area (Å²) >= 11 is 9.33. The van der Waals surface area contributed by atoms with Crippen LogP contribution in [0, 0.1) is 0 Å². The lowest BCUT2D eigenvalue weighted by Gasteiger charge is -2.11. The molecule has 0 fully saturated rings. The maximum Gasteiger partial charge on any atom is 0.306 e. The summed E-state index contributed by atoms with van der Waals surface area (Å²) in [5.41, 5.74) is 1.40. The summed E-state index contributed by atoms with van der Waals surface area (Å²) in [5.74, 6) is -1.78. The first-order valence-electron chi connectivity index (χ1n) is 9.97. The molecule has 0 unspecified atom stereocenters. The Balaban J connectivity index is 1.54. The lowest BCUT2D eigenvalue weighted by molar-refractivity contribution is -0.143. The van der Waals surface area contributed by atoms with Crippen LogP contribution in [-0.4, -0.2) is 30.0 Å². The van der Waals surface area contributed by atoms with Gasteiger partial charge in [0.2, 0.25) is 5.91 Å². The largest absolute Gasteiger partial charge is 0.457 e. The lowest BCUT2D eigenvalue weighted by atomic mass is 10.0. The van der Waals surface area contributed by atoms with Crippen molar-refractivity contribution in [2.24, 2.45) is 0 Å². The van der Waals surface area contributed by atoms with E-state index in [4.69, 9.17) is 16.3 Å². The minimum absolute atomic E-state index is 0.174. The maximum atomic E-state index is 12.8. The number of anilines is 1. The van der Waals surface area contributed by atoms with E-state index in [9.17, 15) is 19.2 Å². The van der Waals surface area contributed by atoms with Crippen molar-refractivity contribution in [2.45, 2.75) is 12.8 Å². The molecule has 6 nitrogen and oxygen atoms in total. The van der Waals surface area contributed by atoms with Crippen LogP contribution in [0.1, 0.15) is 39.1 Å². The Kier molecular flexibility index (Phi) is 8.52. The van der Waals surface area contributed by atoms with E-state index in [1.807, 2.05) is 0 Å². The molecule has 0 bridgehead atoms. The van der Waals surface area contributed by atoms with Crippen molar-refractivity contribution < 1.29 is 23.9 Å². The molecule has 0 aliphatic rings. The zero-order valence-electron chi connectivity index (χ0n) is 17.3. The van der Waals surface area contributed by atoms with Gasteiger partial charge in [0, 0.05) is 32.6 Å². The number of hydrogen-bond acceptors (Lipinski definition) is 5. The molecule has 8 heteroatoms. The van der Waals surface area contributed by atoms with Gasteiger partial charge in [-0.3, -0.25) is 19.2 Å². The highest BCUT2D eigenvalue weighted by Gasteiger charge is 2.17. The molecule has 0 aromatic heterocycles. The molecule has 0 aliphatic heterocycles. The molecule has 0 radical (unpaired) electrons. The zero-order valence-corrected chi connectivity index (χ0v) is 19.7. The monoisotopic (exact) mass is 527 g/mol. The van der Waals surface area contributed by atoms with E-state index in [0.717, 1.165) is 4.47 Å². The summed E-state index contributed by atoms with van der Waals surface area (Å²) in [5, 5.41) is 3.00. The number of rotatable bonds is 9. The summed E-state index contributed by atoms with van der Waals surface area (Å²) in [7, 11) is 0. The van der Waals surface area contributed by atoms with Gasteiger partial charge in [0.05, 0.1) is 12.1 Å². The smallest absolute Gasteiger partial charge is 0.306 e. The van der Waals surface area contributed by atoms with Crippen molar-refractivity contribution in [2.75, 3.05) is 11.9 Å². The number of carbonyl (C=O) groups excluding carboxylic acids is 4. The number of halogens is 2. The van der Waals surface area contributed by atoms with Crippen LogP contribution in [0.25, 0.3) is 0 Å². The molecule has 0 aliphatic carbocycles. The molecular weight excluding hydrogens is 510 g/mol. The van der Waals surface area contributed by atoms with Gasteiger partial charge >= 0.3 is 5.97 Å². The van der Waals surface area contributed by atoms with Gasteiger partial charge in [-0.05, 0) is 30.3 Å². The number of hydrogen-bond donors (Lipinski definition) is 1. The molecule has 0 spiro atoms. The number of carbonyl (C=O) groups is 4. The van der Waals surface area contributed by atoms with E-state index in [0.29, 0.717) is 16.1 Å². The molecular formula is C25H19BrClNO5. The highest BCUT2D eigenvalue weighted by Crippen LogP contribution is 2.24. The second kappa shape index (κ2) is 11.5. The lowest BCUT2D eigenvalue weighted by Crippen LogP contribution is -2.18. The van der Waals surface area contributed by atoms with Crippen LogP contribution in [0.5, 0.6) is 0 Å². The minimum atomic E-state index is -0.674. The topological polar surface area (TPSA) is 89.5 Å². The number of ketones is 2. The van der Waals surface area contributed by atoms with E-state index < -0.39 is 18.5 Å². The second-order valence-corrected chi connectivity index (χ2v) is 8.38. The van der Waals surface area contributed by atoms with Gasteiger partial charge in [-0.15, -0.1) is 0 Å². The quantitative estimate of drug-likeness (QED) is 0.293. The number of nitrogens with one attached hydrogen (secondary N) is 1. The van der Waals surface area contributed by atoms with Gasteiger partial charge in [0.1, 0.15) is 0 Å². The Morgan fingerprint density at radius 1 is 0.848 bits per heavy atom. The van der Waals surface area contributed by atoms with Gasteiger partial charge in [-0.25, -0.2) is 0 Å². The number of ether oxygens (including phenoxy) is 1. The summed E-state index contributed by atoms with van der Waals surface area (Å²) < 4.78 is 5.80. The number of Topliss-reactive ketones (excluding diaryl/α,β-unsaturated/α-hetero) is 1. The third-order valence-corrected chi connectivity index (χ3v) is 5.39. The normalized spacial score (nSPS) is 10.4. The van der Waals surface area contributed by atoms with Crippen molar-refractivity contribution >= 4 is 56.7 Å². The molecule has 3 aromatic carbocycles. The predicted octanol–water partition coefficient (Wildman–Crippen LogP) is 5.48. The molecule has 3 rings (SSSR count). The summed E-state index contributed by atoms with van der Waals surface area (Å²) in [6, 6.07) is 19.8. The van der Waals surface area contributed by atoms with E-state index in [1.54, 1.807) is 60.7 Å². The molecule has 0 saturated heterocycles. The van der Waals surface area contributed by atoms with Gasteiger partial charge in [0.25, 0.3) is 0 Å².